The number of carbonyl (C=O) groups is 1. The van der Waals surface area contributed by atoms with Crippen molar-refractivity contribution in [2.45, 2.75) is 6.54 Å². The van der Waals surface area contributed by atoms with Crippen LogP contribution in [0.4, 0.5) is 0 Å². The van der Waals surface area contributed by atoms with Crippen LogP contribution in [-0.4, -0.2) is 54.8 Å². The summed E-state index contributed by atoms with van der Waals surface area (Å²) < 4.78 is 7.57. The van der Waals surface area contributed by atoms with Gasteiger partial charge in [0.25, 0.3) is 11.5 Å². The Hall–Kier alpha value is -2.51. The number of allylic oxidation sites excluding steroid dienone is 1. The summed E-state index contributed by atoms with van der Waals surface area (Å²) in [5.41, 5.74) is 0.630. The van der Waals surface area contributed by atoms with Crippen LogP contribution in [0.1, 0.15) is 5.56 Å². The number of thiazole rings is 1. The number of aromatic nitrogens is 1. The van der Waals surface area contributed by atoms with E-state index in [4.69, 9.17) is 4.74 Å². The highest BCUT2D eigenvalue weighted by Gasteiger charge is 2.16. The molecule has 1 amide bonds. The molecule has 3 heterocycles. The second-order valence-corrected chi connectivity index (χ2v) is 8.18. The predicted octanol–water partition coefficient (Wildman–Crippen LogP) is 0.109. The van der Waals surface area contributed by atoms with Gasteiger partial charge in [0.2, 0.25) is 0 Å². The zero-order valence-electron chi connectivity index (χ0n) is 15.9. The van der Waals surface area contributed by atoms with Gasteiger partial charge >= 0.3 is 0 Å². The summed E-state index contributed by atoms with van der Waals surface area (Å²) in [6.07, 6.45) is 3.36. The molecule has 7 nitrogen and oxygen atoms in total. The maximum absolute atomic E-state index is 12.8. The first kappa shape index (κ1) is 21.2. The Labute approximate surface area is 176 Å². The molecule has 0 bridgehead atoms. The van der Waals surface area contributed by atoms with E-state index in [9.17, 15) is 14.9 Å². The van der Waals surface area contributed by atoms with Crippen LogP contribution in [0.5, 0.6) is 0 Å². The summed E-state index contributed by atoms with van der Waals surface area (Å²) >= 11 is 2.69. The first-order valence-electron chi connectivity index (χ1n) is 9.21. The number of ether oxygens (including phenoxy) is 1. The number of morpholine rings is 1. The van der Waals surface area contributed by atoms with Crippen molar-refractivity contribution in [3.05, 3.63) is 54.6 Å². The first-order chi connectivity index (χ1) is 14.1. The van der Waals surface area contributed by atoms with E-state index in [1.165, 1.54) is 15.9 Å². The molecule has 9 heteroatoms. The average molecular weight is 431 g/mol. The fraction of sp³-hybridized carbons (Fsp3) is 0.350. The summed E-state index contributed by atoms with van der Waals surface area (Å²) in [7, 11) is 0. The molecule has 0 spiro atoms. The van der Waals surface area contributed by atoms with Crippen molar-refractivity contribution in [1.29, 1.82) is 5.26 Å². The van der Waals surface area contributed by atoms with Gasteiger partial charge in [-0.3, -0.25) is 19.1 Å². The number of hydrogen-bond donors (Lipinski definition) is 1. The van der Waals surface area contributed by atoms with Crippen LogP contribution in [0, 0.1) is 11.3 Å². The average Bonchev–Trinajstić information content (AvgIpc) is 3.34. The van der Waals surface area contributed by atoms with Gasteiger partial charge in [-0.1, -0.05) is 6.08 Å². The van der Waals surface area contributed by atoms with Gasteiger partial charge in [-0.2, -0.15) is 16.6 Å². The quantitative estimate of drug-likeness (QED) is 0.630. The summed E-state index contributed by atoms with van der Waals surface area (Å²) in [4.78, 5) is 27.6. The third-order valence-corrected chi connectivity index (χ3v) is 6.26. The Bertz CT molecular complexity index is 1070. The van der Waals surface area contributed by atoms with Gasteiger partial charge in [-0.05, 0) is 28.5 Å². The topological polar surface area (TPSA) is 87.4 Å². The van der Waals surface area contributed by atoms with Gasteiger partial charge in [-0.15, -0.1) is 17.9 Å². The molecule has 0 saturated carbocycles. The summed E-state index contributed by atoms with van der Waals surface area (Å²) in [5, 5.41) is 16.3. The molecular weight excluding hydrogens is 408 g/mol. The van der Waals surface area contributed by atoms with Crippen molar-refractivity contribution in [2.75, 3.05) is 39.4 Å². The standard InChI is InChI=1S/C20H22N4O3S2/c1-2-5-24-19(26)17(12-15-3-11-28-14-15)29-20(24)16(13-21)18(25)22-4-6-23-7-9-27-10-8-23/h2-3,11-12,14H,1,4-10H2,(H,22,25)/b17-12-,20-16-. The summed E-state index contributed by atoms with van der Waals surface area (Å²) in [6, 6.07) is 3.89. The molecule has 0 aliphatic carbocycles. The minimum atomic E-state index is -0.470. The fourth-order valence-corrected chi connectivity index (χ4v) is 4.67. The van der Waals surface area contributed by atoms with Crippen molar-refractivity contribution in [1.82, 2.24) is 14.8 Å². The predicted molar refractivity (Wildman–Crippen MR) is 115 cm³/mol. The molecule has 2 aromatic rings. The Morgan fingerprint density at radius 2 is 2.21 bits per heavy atom. The third-order valence-electron chi connectivity index (χ3n) is 4.43. The Morgan fingerprint density at radius 1 is 1.41 bits per heavy atom. The highest BCUT2D eigenvalue weighted by Crippen LogP contribution is 2.06. The van der Waals surface area contributed by atoms with Gasteiger partial charge in [0.05, 0.1) is 17.7 Å². The van der Waals surface area contributed by atoms with Crippen LogP contribution in [0.15, 0.2) is 34.3 Å². The Morgan fingerprint density at radius 3 is 2.86 bits per heavy atom. The normalized spacial score (nSPS) is 16.3. The van der Waals surface area contributed by atoms with E-state index < -0.39 is 5.91 Å². The lowest BCUT2D eigenvalue weighted by Gasteiger charge is -2.26. The van der Waals surface area contributed by atoms with Crippen molar-refractivity contribution in [2.24, 2.45) is 0 Å². The molecule has 1 N–H and O–H groups in total. The molecule has 1 fully saturated rings. The number of nitrogens with one attached hydrogen (secondary N) is 1. The van der Waals surface area contributed by atoms with E-state index in [1.54, 1.807) is 12.2 Å². The number of nitriles is 1. The number of thiophene rings is 1. The number of rotatable bonds is 7. The minimum Gasteiger partial charge on any atom is -0.379 e. The smallest absolute Gasteiger partial charge is 0.269 e. The maximum Gasteiger partial charge on any atom is 0.269 e. The van der Waals surface area contributed by atoms with E-state index in [2.05, 4.69) is 16.8 Å². The number of amides is 1. The van der Waals surface area contributed by atoms with E-state index in [0.29, 0.717) is 35.5 Å². The number of carbonyl (C=O) groups excluding carboxylic acids is 1. The SMILES string of the molecule is C=CCn1c(=O)/c(=C/c2ccsc2)s/c1=C(/C#N)C(=O)NCCN1CCOCC1. The van der Waals surface area contributed by atoms with Gasteiger partial charge in [0.15, 0.2) is 5.57 Å². The highest BCUT2D eigenvalue weighted by molar-refractivity contribution is 7.08. The highest BCUT2D eigenvalue weighted by atomic mass is 32.1. The lowest BCUT2D eigenvalue weighted by molar-refractivity contribution is -0.115. The van der Waals surface area contributed by atoms with Crippen molar-refractivity contribution < 1.29 is 9.53 Å². The van der Waals surface area contributed by atoms with E-state index in [1.807, 2.05) is 22.9 Å². The third kappa shape index (κ3) is 5.31. The van der Waals surface area contributed by atoms with E-state index >= 15 is 0 Å². The van der Waals surface area contributed by atoms with Crippen LogP contribution in [0.25, 0.3) is 11.6 Å². The van der Waals surface area contributed by atoms with Crippen LogP contribution in [0.3, 0.4) is 0 Å². The Kier molecular flexibility index (Phi) is 7.55. The maximum atomic E-state index is 12.8. The molecule has 1 saturated heterocycles. The summed E-state index contributed by atoms with van der Waals surface area (Å²) in [5.74, 6) is -0.470. The molecule has 29 heavy (non-hydrogen) atoms. The van der Waals surface area contributed by atoms with Crippen LogP contribution < -0.4 is 20.1 Å². The summed E-state index contributed by atoms with van der Waals surface area (Å²) in [6.45, 7) is 8.07. The number of hydrogen-bond acceptors (Lipinski definition) is 7. The molecule has 0 atom stereocenters. The monoisotopic (exact) mass is 430 g/mol. The molecule has 3 rings (SSSR count). The second-order valence-electron chi connectivity index (χ2n) is 6.37. The second kappa shape index (κ2) is 10.3. The molecule has 152 valence electrons. The molecule has 0 radical (unpaired) electrons. The molecular formula is C20H22N4O3S2. The number of nitrogens with zero attached hydrogens (tertiary/aromatic N) is 3. The zero-order valence-corrected chi connectivity index (χ0v) is 17.6. The van der Waals surface area contributed by atoms with Crippen molar-refractivity contribution in [3.8, 4) is 6.07 Å². The van der Waals surface area contributed by atoms with Crippen molar-refractivity contribution in [3.63, 3.8) is 0 Å². The minimum absolute atomic E-state index is 0.0547. The van der Waals surface area contributed by atoms with Gasteiger partial charge in [0, 0.05) is 32.7 Å². The van der Waals surface area contributed by atoms with Crippen LogP contribution >= 0.6 is 22.7 Å². The zero-order chi connectivity index (χ0) is 20.6. The van der Waals surface area contributed by atoms with Crippen LogP contribution in [-0.2, 0) is 16.1 Å². The molecule has 0 unspecified atom stereocenters. The van der Waals surface area contributed by atoms with Gasteiger partial charge in [-0.25, -0.2) is 0 Å². The van der Waals surface area contributed by atoms with Crippen LogP contribution in [0.2, 0.25) is 0 Å². The largest absolute Gasteiger partial charge is 0.379 e. The molecule has 1 aliphatic heterocycles. The molecule has 1 aliphatic rings. The molecule has 2 aromatic heterocycles. The van der Waals surface area contributed by atoms with Gasteiger partial charge < -0.3 is 10.1 Å². The lowest BCUT2D eigenvalue weighted by Crippen LogP contribution is -2.42. The van der Waals surface area contributed by atoms with Gasteiger partial charge in [0.1, 0.15) is 10.7 Å². The van der Waals surface area contributed by atoms with E-state index in [-0.39, 0.29) is 17.7 Å². The van der Waals surface area contributed by atoms with E-state index in [0.717, 1.165) is 30.0 Å². The molecule has 0 aromatic carbocycles. The lowest BCUT2D eigenvalue weighted by atomic mass is 10.3. The van der Waals surface area contributed by atoms with Crippen molar-refractivity contribution >= 4 is 40.2 Å². The first-order valence-corrected chi connectivity index (χ1v) is 11.0. The fourth-order valence-electron chi connectivity index (χ4n) is 2.95. The Balaban J connectivity index is 1.89.